The Morgan fingerprint density at radius 2 is 1.10 bits per heavy atom. The average molecular weight is 629 g/mol. The molecule has 0 saturated heterocycles. The molecule has 10 rings (SSSR count). The lowest BCUT2D eigenvalue weighted by molar-refractivity contribution is 0.622. The lowest BCUT2D eigenvalue weighted by atomic mass is 10.0. The van der Waals surface area contributed by atoms with Crippen LogP contribution in [-0.4, -0.2) is 4.98 Å². The highest BCUT2D eigenvalue weighted by Crippen LogP contribution is 2.47. The zero-order valence-corrected chi connectivity index (χ0v) is 26.4. The van der Waals surface area contributed by atoms with Crippen LogP contribution in [0.3, 0.4) is 0 Å². The van der Waals surface area contributed by atoms with E-state index in [0.717, 1.165) is 66.6 Å². The first-order chi connectivity index (χ1) is 24.3. The lowest BCUT2D eigenvalue weighted by Crippen LogP contribution is -2.10. The molecule has 0 N–H and O–H groups in total. The molecule has 0 unspecified atom stereocenters. The van der Waals surface area contributed by atoms with Crippen molar-refractivity contribution in [2.24, 2.45) is 0 Å². The summed E-state index contributed by atoms with van der Waals surface area (Å²) < 4.78 is 13.3. The van der Waals surface area contributed by atoms with Crippen molar-refractivity contribution in [2.75, 3.05) is 4.90 Å². The van der Waals surface area contributed by atoms with E-state index in [-0.39, 0.29) is 0 Å². The molecular formula is C45H28N2O2. The molecule has 0 aliphatic carbocycles. The van der Waals surface area contributed by atoms with Crippen molar-refractivity contribution in [3.05, 3.63) is 170 Å². The van der Waals surface area contributed by atoms with Crippen LogP contribution < -0.4 is 4.90 Å². The highest BCUT2D eigenvalue weighted by Gasteiger charge is 2.25. The molecule has 230 valence electrons. The molecule has 0 aliphatic heterocycles. The number of fused-ring (bicyclic) bond motifs is 8. The number of aromatic nitrogens is 1. The standard InChI is InChI=1S/C45H28N2O2/c1-3-12-29(13-4-1)32-17-11-18-34(26-32)47(35-24-25-37-33(27-35)23-22-30-14-7-8-19-36(30)37)40-28-39-43(49-45(46-39)31-15-5-2-6-16-31)42-38-20-9-10-21-41(38)48-44(40)42/h1-28H. The van der Waals surface area contributed by atoms with E-state index in [0.29, 0.717) is 11.5 Å². The summed E-state index contributed by atoms with van der Waals surface area (Å²) in [7, 11) is 0. The van der Waals surface area contributed by atoms with E-state index in [9.17, 15) is 0 Å². The van der Waals surface area contributed by atoms with Crippen LogP contribution in [0.1, 0.15) is 0 Å². The van der Waals surface area contributed by atoms with E-state index in [1.54, 1.807) is 0 Å². The van der Waals surface area contributed by atoms with Gasteiger partial charge in [0.1, 0.15) is 11.1 Å². The van der Waals surface area contributed by atoms with Gasteiger partial charge in [0.25, 0.3) is 0 Å². The van der Waals surface area contributed by atoms with Gasteiger partial charge in [-0.2, -0.15) is 0 Å². The summed E-state index contributed by atoms with van der Waals surface area (Å²) in [4.78, 5) is 7.36. The molecule has 0 aliphatic rings. The Labute approximate surface area is 282 Å². The van der Waals surface area contributed by atoms with Gasteiger partial charge in [-0.15, -0.1) is 0 Å². The van der Waals surface area contributed by atoms with Gasteiger partial charge in [-0.25, -0.2) is 4.98 Å². The molecule has 0 saturated carbocycles. The molecule has 2 aromatic heterocycles. The molecule has 4 heteroatoms. The zero-order chi connectivity index (χ0) is 32.3. The van der Waals surface area contributed by atoms with E-state index >= 15 is 0 Å². The van der Waals surface area contributed by atoms with Crippen molar-refractivity contribution < 1.29 is 8.83 Å². The largest absolute Gasteiger partial charge is 0.454 e. The topological polar surface area (TPSA) is 42.4 Å². The molecule has 0 atom stereocenters. The maximum absolute atomic E-state index is 6.76. The first kappa shape index (κ1) is 27.5. The molecule has 0 spiro atoms. The monoisotopic (exact) mass is 628 g/mol. The minimum Gasteiger partial charge on any atom is -0.454 e. The van der Waals surface area contributed by atoms with Gasteiger partial charge in [0.2, 0.25) is 5.89 Å². The van der Waals surface area contributed by atoms with Crippen molar-refractivity contribution in [3.8, 4) is 22.6 Å². The minimum atomic E-state index is 0.578. The van der Waals surface area contributed by atoms with Crippen LogP contribution in [-0.2, 0) is 0 Å². The molecule has 49 heavy (non-hydrogen) atoms. The molecule has 0 bridgehead atoms. The van der Waals surface area contributed by atoms with Crippen LogP contribution in [0.4, 0.5) is 17.1 Å². The van der Waals surface area contributed by atoms with Crippen LogP contribution >= 0.6 is 0 Å². The lowest BCUT2D eigenvalue weighted by Gasteiger charge is -2.26. The average Bonchev–Trinajstić information content (AvgIpc) is 3.78. The van der Waals surface area contributed by atoms with Gasteiger partial charge in [-0.1, -0.05) is 121 Å². The van der Waals surface area contributed by atoms with Crippen molar-refractivity contribution >= 4 is 71.6 Å². The molecule has 4 nitrogen and oxygen atoms in total. The number of hydrogen-bond acceptors (Lipinski definition) is 4. The summed E-state index contributed by atoms with van der Waals surface area (Å²) in [5, 5.41) is 6.74. The molecular weight excluding hydrogens is 601 g/mol. The number of furan rings is 1. The van der Waals surface area contributed by atoms with Crippen LogP contribution in [0.5, 0.6) is 0 Å². The Morgan fingerprint density at radius 1 is 0.429 bits per heavy atom. The Balaban J connectivity index is 1.28. The zero-order valence-electron chi connectivity index (χ0n) is 26.4. The van der Waals surface area contributed by atoms with Crippen LogP contribution in [0.15, 0.2) is 179 Å². The van der Waals surface area contributed by atoms with E-state index in [1.807, 2.05) is 54.6 Å². The van der Waals surface area contributed by atoms with Crippen LogP contribution in [0.25, 0.3) is 77.2 Å². The van der Waals surface area contributed by atoms with E-state index in [2.05, 4.69) is 120 Å². The van der Waals surface area contributed by atoms with Crippen LogP contribution in [0, 0.1) is 0 Å². The van der Waals surface area contributed by atoms with Gasteiger partial charge < -0.3 is 13.7 Å². The highest BCUT2D eigenvalue weighted by atomic mass is 16.4. The first-order valence-electron chi connectivity index (χ1n) is 16.5. The van der Waals surface area contributed by atoms with Crippen molar-refractivity contribution in [1.29, 1.82) is 0 Å². The SMILES string of the molecule is c1ccc(-c2cccc(N(c3ccc4c(ccc5ccccc54)c3)c3cc4nc(-c5ccccc5)oc4c4c3oc3ccccc34)c2)cc1. The predicted molar refractivity (Wildman–Crippen MR) is 202 cm³/mol. The Bertz CT molecular complexity index is 2830. The minimum absolute atomic E-state index is 0.578. The fourth-order valence-electron chi connectivity index (χ4n) is 7.15. The van der Waals surface area contributed by atoms with Gasteiger partial charge >= 0.3 is 0 Å². The molecule has 0 radical (unpaired) electrons. The summed E-state index contributed by atoms with van der Waals surface area (Å²) in [6.45, 7) is 0. The normalized spacial score (nSPS) is 11.7. The van der Waals surface area contributed by atoms with Crippen molar-refractivity contribution in [1.82, 2.24) is 4.98 Å². The van der Waals surface area contributed by atoms with E-state index in [1.165, 1.54) is 16.2 Å². The van der Waals surface area contributed by atoms with Crippen LogP contribution in [0.2, 0.25) is 0 Å². The van der Waals surface area contributed by atoms with Crippen molar-refractivity contribution in [3.63, 3.8) is 0 Å². The fraction of sp³-hybridized carbons (Fsp3) is 0. The highest BCUT2D eigenvalue weighted by molar-refractivity contribution is 6.21. The smallest absolute Gasteiger partial charge is 0.227 e. The summed E-state index contributed by atoms with van der Waals surface area (Å²) >= 11 is 0. The third-order valence-corrected chi connectivity index (χ3v) is 9.44. The molecule has 10 aromatic rings. The van der Waals surface area contributed by atoms with Gasteiger partial charge in [-0.3, -0.25) is 0 Å². The second kappa shape index (κ2) is 11.0. The second-order valence-corrected chi connectivity index (χ2v) is 12.4. The number of oxazole rings is 1. The summed E-state index contributed by atoms with van der Waals surface area (Å²) in [5.41, 5.74) is 9.14. The number of rotatable bonds is 5. The number of hydrogen-bond donors (Lipinski definition) is 0. The molecule has 2 heterocycles. The predicted octanol–water partition coefficient (Wildman–Crippen LogP) is 12.8. The third-order valence-electron chi connectivity index (χ3n) is 9.44. The Kier molecular flexibility index (Phi) is 6.15. The van der Waals surface area contributed by atoms with Gasteiger partial charge in [0.15, 0.2) is 11.2 Å². The second-order valence-electron chi connectivity index (χ2n) is 12.4. The third kappa shape index (κ3) is 4.49. The van der Waals surface area contributed by atoms with E-state index < -0.39 is 0 Å². The summed E-state index contributed by atoms with van der Waals surface area (Å²) in [6.07, 6.45) is 0. The molecule has 0 amide bonds. The molecule has 0 fully saturated rings. The summed E-state index contributed by atoms with van der Waals surface area (Å²) in [6, 6.07) is 59.2. The number of para-hydroxylation sites is 1. The number of anilines is 3. The maximum Gasteiger partial charge on any atom is 0.227 e. The van der Waals surface area contributed by atoms with Gasteiger partial charge in [0, 0.05) is 22.3 Å². The first-order valence-corrected chi connectivity index (χ1v) is 16.5. The van der Waals surface area contributed by atoms with Gasteiger partial charge in [0.05, 0.1) is 11.1 Å². The van der Waals surface area contributed by atoms with E-state index in [4.69, 9.17) is 13.8 Å². The number of nitrogens with zero attached hydrogens (tertiary/aromatic N) is 2. The van der Waals surface area contributed by atoms with Crippen molar-refractivity contribution in [2.45, 2.75) is 0 Å². The Hall–Kier alpha value is -6.65. The Morgan fingerprint density at radius 3 is 1.96 bits per heavy atom. The maximum atomic E-state index is 6.76. The quantitative estimate of drug-likeness (QED) is 0.178. The fourth-order valence-corrected chi connectivity index (χ4v) is 7.15. The summed E-state index contributed by atoms with van der Waals surface area (Å²) in [5.74, 6) is 0.578. The van der Waals surface area contributed by atoms with Gasteiger partial charge in [-0.05, 0) is 81.2 Å². The number of benzene rings is 8. The molecule has 8 aromatic carbocycles.